The average Bonchev–Trinajstić information content (AvgIpc) is 3.36. The molecule has 0 bridgehead atoms. The molecule has 9 nitrogen and oxygen atoms in total. The Hall–Kier alpha value is -3.88. The van der Waals surface area contributed by atoms with Crippen LogP contribution in [0.25, 0.3) is 10.9 Å². The zero-order valence-electron chi connectivity index (χ0n) is 22.1. The van der Waals surface area contributed by atoms with Gasteiger partial charge in [-0.25, -0.2) is 4.98 Å². The number of hydrogen-bond acceptors (Lipinski definition) is 6. The highest BCUT2D eigenvalue weighted by Crippen LogP contribution is 2.31. The van der Waals surface area contributed by atoms with Crippen molar-refractivity contribution in [2.24, 2.45) is 11.8 Å². The Morgan fingerprint density at radius 1 is 1.08 bits per heavy atom. The van der Waals surface area contributed by atoms with Crippen molar-refractivity contribution in [1.82, 2.24) is 14.5 Å². The van der Waals surface area contributed by atoms with E-state index in [4.69, 9.17) is 4.74 Å². The number of benzene rings is 1. The molecule has 1 aliphatic heterocycles. The Morgan fingerprint density at radius 2 is 1.84 bits per heavy atom. The maximum absolute atomic E-state index is 13.1. The Morgan fingerprint density at radius 3 is 2.47 bits per heavy atom. The van der Waals surface area contributed by atoms with E-state index in [2.05, 4.69) is 15.2 Å². The van der Waals surface area contributed by atoms with Gasteiger partial charge in [0, 0.05) is 49.9 Å². The summed E-state index contributed by atoms with van der Waals surface area (Å²) in [5.74, 6) is 1.76. The van der Waals surface area contributed by atoms with Crippen LogP contribution < -0.4 is 15.0 Å². The SMILES string of the molecule is CCn1c(C(=O)Nc2ccc(N3CCN(C(=O)[C@H]4CC[C@H](C=O)CC4)CC3)nc2)cc2c(OC)cccc21. The van der Waals surface area contributed by atoms with E-state index in [0.29, 0.717) is 44.1 Å². The Balaban J connectivity index is 1.19. The molecule has 0 atom stereocenters. The minimum absolute atomic E-state index is 0.0475. The quantitative estimate of drug-likeness (QED) is 0.477. The summed E-state index contributed by atoms with van der Waals surface area (Å²) in [6.45, 7) is 5.43. The van der Waals surface area contributed by atoms with Gasteiger partial charge in [0.1, 0.15) is 23.5 Å². The first kappa shape index (κ1) is 25.8. The van der Waals surface area contributed by atoms with Crippen molar-refractivity contribution < 1.29 is 19.1 Å². The first-order valence-electron chi connectivity index (χ1n) is 13.4. The molecule has 2 aliphatic rings. The standard InChI is InChI=1S/C29H35N5O4/c1-3-34-24-5-4-6-26(38-2)23(24)17-25(34)28(36)31-22-11-12-27(30-18-22)32-13-15-33(16-14-32)29(37)21-9-7-20(19-35)8-10-21/h4-6,11-12,17-21H,3,7-10,13-16H2,1-2H3,(H,31,36)/t20-,21-. The maximum atomic E-state index is 13.1. The molecule has 1 saturated heterocycles. The van der Waals surface area contributed by atoms with Gasteiger partial charge in [-0.3, -0.25) is 9.59 Å². The Kier molecular flexibility index (Phi) is 7.62. The molecule has 9 heteroatoms. The number of hydrogen-bond donors (Lipinski definition) is 1. The van der Waals surface area contributed by atoms with Gasteiger partial charge in [-0.05, 0) is 62.9 Å². The molecule has 2 amide bonds. The third-order valence-electron chi connectivity index (χ3n) is 7.91. The van der Waals surface area contributed by atoms with E-state index in [9.17, 15) is 14.4 Å². The van der Waals surface area contributed by atoms with Gasteiger partial charge in [0.2, 0.25) is 5.91 Å². The van der Waals surface area contributed by atoms with Gasteiger partial charge in [-0.2, -0.15) is 0 Å². The lowest BCUT2D eigenvalue weighted by atomic mass is 9.82. The van der Waals surface area contributed by atoms with Crippen molar-refractivity contribution >= 4 is 40.5 Å². The van der Waals surface area contributed by atoms with Crippen LogP contribution in [-0.2, 0) is 16.1 Å². The molecule has 0 spiro atoms. The van der Waals surface area contributed by atoms with Gasteiger partial charge in [0.15, 0.2) is 0 Å². The molecule has 1 aliphatic carbocycles. The number of nitrogens with zero attached hydrogens (tertiary/aromatic N) is 4. The number of rotatable bonds is 7. The summed E-state index contributed by atoms with van der Waals surface area (Å²) in [5, 5.41) is 3.88. The second kappa shape index (κ2) is 11.2. The van der Waals surface area contributed by atoms with Gasteiger partial charge >= 0.3 is 0 Å². The predicted octanol–water partition coefficient (Wildman–Crippen LogP) is 3.97. The summed E-state index contributed by atoms with van der Waals surface area (Å²) < 4.78 is 7.45. The molecular weight excluding hydrogens is 482 g/mol. The third kappa shape index (κ3) is 5.10. The van der Waals surface area contributed by atoms with Crippen molar-refractivity contribution in [2.45, 2.75) is 39.2 Å². The Bertz CT molecular complexity index is 1300. The van der Waals surface area contributed by atoms with E-state index in [1.807, 2.05) is 52.8 Å². The van der Waals surface area contributed by atoms with Crippen LogP contribution in [0.3, 0.4) is 0 Å². The molecule has 5 rings (SSSR count). The number of aryl methyl sites for hydroxylation is 1. The van der Waals surface area contributed by atoms with E-state index in [1.165, 1.54) is 0 Å². The number of anilines is 2. The molecule has 1 saturated carbocycles. The molecule has 38 heavy (non-hydrogen) atoms. The second-order valence-corrected chi connectivity index (χ2v) is 10.1. The van der Waals surface area contributed by atoms with Crippen LogP contribution in [0.4, 0.5) is 11.5 Å². The number of aldehydes is 1. The van der Waals surface area contributed by atoms with Crippen LogP contribution in [-0.4, -0.2) is 65.8 Å². The topological polar surface area (TPSA) is 96.8 Å². The number of pyridine rings is 1. The molecule has 2 aromatic heterocycles. The zero-order chi connectivity index (χ0) is 26.6. The van der Waals surface area contributed by atoms with Crippen molar-refractivity contribution in [3.63, 3.8) is 0 Å². The largest absolute Gasteiger partial charge is 0.496 e. The summed E-state index contributed by atoms with van der Waals surface area (Å²) in [6.07, 6.45) is 5.97. The molecule has 200 valence electrons. The van der Waals surface area contributed by atoms with E-state index >= 15 is 0 Å². The smallest absolute Gasteiger partial charge is 0.272 e. The molecular formula is C29H35N5O4. The lowest BCUT2D eigenvalue weighted by molar-refractivity contribution is -0.137. The van der Waals surface area contributed by atoms with Gasteiger partial charge in [0.25, 0.3) is 5.91 Å². The average molecular weight is 518 g/mol. The van der Waals surface area contributed by atoms with E-state index < -0.39 is 0 Å². The van der Waals surface area contributed by atoms with Crippen molar-refractivity contribution in [1.29, 1.82) is 0 Å². The molecule has 0 unspecified atom stereocenters. The molecule has 0 radical (unpaired) electrons. The van der Waals surface area contributed by atoms with Gasteiger partial charge < -0.3 is 29.2 Å². The Labute approximate surface area is 222 Å². The van der Waals surface area contributed by atoms with Crippen LogP contribution in [0.2, 0.25) is 0 Å². The fraction of sp³-hybridized carbons (Fsp3) is 0.448. The summed E-state index contributed by atoms with van der Waals surface area (Å²) in [7, 11) is 1.63. The molecule has 3 aromatic rings. The first-order chi connectivity index (χ1) is 18.5. The van der Waals surface area contributed by atoms with E-state index in [0.717, 1.165) is 54.4 Å². The predicted molar refractivity (Wildman–Crippen MR) is 147 cm³/mol. The van der Waals surface area contributed by atoms with E-state index in [1.54, 1.807) is 13.3 Å². The number of methoxy groups -OCH3 is 1. The number of nitrogens with one attached hydrogen (secondary N) is 1. The highest BCUT2D eigenvalue weighted by molar-refractivity contribution is 6.07. The monoisotopic (exact) mass is 517 g/mol. The van der Waals surface area contributed by atoms with Crippen LogP contribution in [0, 0.1) is 11.8 Å². The van der Waals surface area contributed by atoms with Crippen LogP contribution in [0.15, 0.2) is 42.6 Å². The summed E-state index contributed by atoms with van der Waals surface area (Å²) in [4.78, 5) is 45.8. The lowest BCUT2D eigenvalue weighted by Gasteiger charge is -2.38. The minimum atomic E-state index is -0.200. The third-order valence-corrected chi connectivity index (χ3v) is 7.91. The number of amides is 2. The molecule has 1 N–H and O–H groups in total. The molecule has 3 heterocycles. The zero-order valence-corrected chi connectivity index (χ0v) is 22.1. The van der Waals surface area contributed by atoms with Crippen LogP contribution >= 0.6 is 0 Å². The maximum Gasteiger partial charge on any atom is 0.272 e. The number of ether oxygens (including phenoxy) is 1. The highest BCUT2D eigenvalue weighted by Gasteiger charge is 2.31. The van der Waals surface area contributed by atoms with Crippen molar-refractivity contribution in [2.75, 3.05) is 43.5 Å². The van der Waals surface area contributed by atoms with Crippen LogP contribution in [0.1, 0.15) is 43.1 Å². The number of piperazine rings is 1. The molecule has 1 aromatic carbocycles. The summed E-state index contributed by atoms with van der Waals surface area (Å²) in [6, 6.07) is 11.4. The number of fused-ring (bicyclic) bond motifs is 1. The van der Waals surface area contributed by atoms with Crippen LogP contribution in [0.5, 0.6) is 5.75 Å². The highest BCUT2D eigenvalue weighted by atomic mass is 16.5. The van der Waals surface area contributed by atoms with E-state index in [-0.39, 0.29) is 23.7 Å². The molecule has 2 fully saturated rings. The minimum Gasteiger partial charge on any atom is -0.496 e. The van der Waals surface area contributed by atoms with Crippen molar-refractivity contribution in [3.05, 3.63) is 48.3 Å². The second-order valence-electron chi connectivity index (χ2n) is 10.1. The van der Waals surface area contributed by atoms with Gasteiger partial charge in [0.05, 0.1) is 24.5 Å². The fourth-order valence-corrected chi connectivity index (χ4v) is 5.72. The lowest BCUT2D eigenvalue weighted by Crippen LogP contribution is -2.51. The van der Waals surface area contributed by atoms with Gasteiger partial charge in [-0.1, -0.05) is 6.07 Å². The summed E-state index contributed by atoms with van der Waals surface area (Å²) in [5.41, 5.74) is 2.15. The normalized spacial score (nSPS) is 19.8. The van der Waals surface area contributed by atoms with Gasteiger partial charge in [-0.15, -0.1) is 0 Å². The van der Waals surface area contributed by atoms with Crippen molar-refractivity contribution in [3.8, 4) is 5.75 Å². The number of carbonyl (C=O) groups excluding carboxylic acids is 3. The number of aromatic nitrogens is 2. The fourth-order valence-electron chi connectivity index (χ4n) is 5.72. The number of carbonyl (C=O) groups is 3. The first-order valence-corrected chi connectivity index (χ1v) is 13.4. The summed E-state index contributed by atoms with van der Waals surface area (Å²) >= 11 is 0.